The van der Waals surface area contributed by atoms with E-state index in [1.807, 2.05) is 43.3 Å². The predicted molar refractivity (Wildman–Crippen MR) is 91.1 cm³/mol. The van der Waals surface area contributed by atoms with Gasteiger partial charge in [-0.2, -0.15) is 0 Å². The number of hydrogen-bond donors (Lipinski definition) is 1. The molecule has 23 heavy (non-hydrogen) atoms. The molecule has 0 unspecified atom stereocenters. The molecule has 1 amide bonds. The molecular formula is C18H20ClNO3. The Balaban J connectivity index is 2.02. The van der Waals surface area contributed by atoms with Crippen LogP contribution in [-0.2, 0) is 4.79 Å². The van der Waals surface area contributed by atoms with Crippen molar-refractivity contribution in [3.63, 3.8) is 0 Å². The maximum absolute atomic E-state index is 12.3. The Bertz CT molecular complexity index is 675. The zero-order chi connectivity index (χ0) is 16.8. The summed E-state index contributed by atoms with van der Waals surface area (Å²) in [5.41, 5.74) is 0.910. The molecule has 0 saturated carbocycles. The van der Waals surface area contributed by atoms with Crippen LogP contribution in [0, 0.1) is 0 Å². The third kappa shape index (κ3) is 4.39. The lowest BCUT2D eigenvalue weighted by Gasteiger charge is -2.20. The number of halogens is 1. The Morgan fingerprint density at radius 3 is 2.30 bits per heavy atom. The summed E-state index contributed by atoms with van der Waals surface area (Å²) in [7, 11) is 1.61. The van der Waals surface area contributed by atoms with E-state index in [0.717, 1.165) is 11.3 Å². The van der Waals surface area contributed by atoms with E-state index in [1.165, 1.54) is 0 Å². The van der Waals surface area contributed by atoms with E-state index >= 15 is 0 Å². The Kier molecular flexibility index (Phi) is 5.88. The summed E-state index contributed by atoms with van der Waals surface area (Å²) in [6.45, 7) is 3.59. The molecule has 0 aliphatic heterocycles. The molecule has 0 fully saturated rings. The molecule has 1 N–H and O–H groups in total. The van der Waals surface area contributed by atoms with Gasteiger partial charge in [-0.1, -0.05) is 41.9 Å². The highest BCUT2D eigenvalue weighted by Gasteiger charge is 2.20. The molecule has 122 valence electrons. The SMILES string of the molecule is COc1ccccc1[C@@H](C)NC(=O)[C@H](C)Oc1ccccc1Cl. The van der Waals surface area contributed by atoms with Crippen LogP contribution in [0.4, 0.5) is 0 Å². The number of benzene rings is 2. The van der Waals surface area contributed by atoms with Crippen molar-refractivity contribution in [1.82, 2.24) is 5.32 Å². The summed E-state index contributed by atoms with van der Waals surface area (Å²) in [5, 5.41) is 3.40. The van der Waals surface area contributed by atoms with Crippen LogP contribution in [0.15, 0.2) is 48.5 Å². The van der Waals surface area contributed by atoms with Gasteiger partial charge in [0, 0.05) is 5.56 Å². The molecule has 0 saturated heterocycles. The predicted octanol–water partition coefficient (Wildman–Crippen LogP) is 3.99. The third-order valence-electron chi connectivity index (χ3n) is 3.47. The van der Waals surface area contributed by atoms with Crippen molar-refractivity contribution < 1.29 is 14.3 Å². The average molecular weight is 334 g/mol. The van der Waals surface area contributed by atoms with Gasteiger partial charge in [0.1, 0.15) is 11.5 Å². The molecule has 0 heterocycles. The molecule has 0 aromatic heterocycles. The highest BCUT2D eigenvalue weighted by Crippen LogP contribution is 2.26. The van der Waals surface area contributed by atoms with Gasteiger partial charge in [0.05, 0.1) is 18.2 Å². The number of methoxy groups -OCH3 is 1. The fourth-order valence-electron chi connectivity index (χ4n) is 2.22. The smallest absolute Gasteiger partial charge is 0.261 e. The fourth-order valence-corrected chi connectivity index (χ4v) is 2.40. The monoisotopic (exact) mass is 333 g/mol. The minimum absolute atomic E-state index is 0.198. The zero-order valence-corrected chi connectivity index (χ0v) is 14.1. The van der Waals surface area contributed by atoms with Crippen molar-refractivity contribution in [2.24, 2.45) is 0 Å². The van der Waals surface area contributed by atoms with Crippen molar-refractivity contribution >= 4 is 17.5 Å². The normalized spacial score (nSPS) is 13.0. The molecule has 4 nitrogen and oxygen atoms in total. The quantitative estimate of drug-likeness (QED) is 0.869. The Morgan fingerprint density at radius 2 is 1.65 bits per heavy atom. The second-order valence-electron chi connectivity index (χ2n) is 5.16. The van der Waals surface area contributed by atoms with Gasteiger partial charge in [0.2, 0.25) is 0 Å². The molecule has 0 aliphatic rings. The molecular weight excluding hydrogens is 314 g/mol. The Labute approximate surface area is 141 Å². The maximum Gasteiger partial charge on any atom is 0.261 e. The second kappa shape index (κ2) is 7.88. The lowest BCUT2D eigenvalue weighted by Crippen LogP contribution is -2.37. The largest absolute Gasteiger partial charge is 0.496 e. The highest BCUT2D eigenvalue weighted by atomic mass is 35.5. The number of carbonyl (C=O) groups excluding carboxylic acids is 1. The highest BCUT2D eigenvalue weighted by molar-refractivity contribution is 6.32. The number of nitrogens with one attached hydrogen (secondary N) is 1. The van der Waals surface area contributed by atoms with E-state index in [0.29, 0.717) is 10.8 Å². The van der Waals surface area contributed by atoms with Gasteiger partial charge in [0.15, 0.2) is 6.10 Å². The van der Waals surface area contributed by atoms with Crippen LogP contribution in [0.3, 0.4) is 0 Å². The van der Waals surface area contributed by atoms with Crippen molar-refractivity contribution in [1.29, 1.82) is 0 Å². The molecule has 2 rings (SSSR count). The van der Waals surface area contributed by atoms with Gasteiger partial charge < -0.3 is 14.8 Å². The maximum atomic E-state index is 12.3. The number of rotatable bonds is 6. The Hall–Kier alpha value is -2.20. The molecule has 2 aromatic carbocycles. The molecule has 0 radical (unpaired) electrons. The van der Waals surface area contributed by atoms with E-state index < -0.39 is 6.10 Å². The minimum atomic E-state index is -0.660. The number of ether oxygens (including phenoxy) is 2. The number of hydrogen-bond acceptors (Lipinski definition) is 3. The summed E-state index contributed by atoms with van der Waals surface area (Å²) >= 11 is 6.04. The van der Waals surface area contributed by atoms with E-state index in [-0.39, 0.29) is 11.9 Å². The Morgan fingerprint density at radius 1 is 1.04 bits per heavy atom. The van der Waals surface area contributed by atoms with Crippen LogP contribution in [0.25, 0.3) is 0 Å². The van der Waals surface area contributed by atoms with Crippen LogP contribution in [0.1, 0.15) is 25.5 Å². The lowest BCUT2D eigenvalue weighted by atomic mass is 10.1. The summed E-state index contributed by atoms with van der Waals surface area (Å²) < 4.78 is 10.9. The molecule has 2 aromatic rings. The number of carbonyl (C=O) groups is 1. The molecule has 5 heteroatoms. The van der Waals surface area contributed by atoms with E-state index in [1.54, 1.807) is 26.2 Å². The summed E-state index contributed by atoms with van der Waals surface area (Å²) in [6.07, 6.45) is -0.660. The first-order valence-corrected chi connectivity index (χ1v) is 7.75. The van der Waals surface area contributed by atoms with Gasteiger partial charge in [-0.05, 0) is 32.0 Å². The van der Waals surface area contributed by atoms with Crippen molar-refractivity contribution in [3.8, 4) is 11.5 Å². The van der Waals surface area contributed by atoms with Gasteiger partial charge in [-0.15, -0.1) is 0 Å². The van der Waals surface area contributed by atoms with E-state index in [9.17, 15) is 4.79 Å². The molecule has 0 bridgehead atoms. The van der Waals surface area contributed by atoms with Crippen molar-refractivity contribution in [2.45, 2.75) is 26.0 Å². The summed E-state index contributed by atoms with van der Waals surface area (Å²) in [4.78, 5) is 12.3. The van der Waals surface area contributed by atoms with E-state index in [2.05, 4.69) is 5.32 Å². The molecule has 0 aliphatic carbocycles. The first-order chi connectivity index (χ1) is 11.0. The second-order valence-corrected chi connectivity index (χ2v) is 5.57. The van der Waals surface area contributed by atoms with Gasteiger partial charge in [0.25, 0.3) is 5.91 Å². The van der Waals surface area contributed by atoms with Gasteiger partial charge in [-0.3, -0.25) is 4.79 Å². The van der Waals surface area contributed by atoms with Gasteiger partial charge >= 0.3 is 0 Å². The topological polar surface area (TPSA) is 47.6 Å². The standard InChI is InChI=1S/C18H20ClNO3/c1-12(14-8-4-6-10-16(14)22-3)20-18(21)13(2)23-17-11-7-5-9-15(17)19/h4-13H,1-3H3,(H,20,21)/t12-,13+/m1/s1. The average Bonchev–Trinajstić information content (AvgIpc) is 2.56. The van der Waals surface area contributed by atoms with Gasteiger partial charge in [-0.25, -0.2) is 0 Å². The minimum Gasteiger partial charge on any atom is -0.496 e. The summed E-state index contributed by atoms with van der Waals surface area (Å²) in [6, 6.07) is 14.5. The van der Waals surface area contributed by atoms with E-state index in [4.69, 9.17) is 21.1 Å². The third-order valence-corrected chi connectivity index (χ3v) is 3.79. The zero-order valence-electron chi connectivity index (χ0n) is 13.4. The van der Waals surface area contributed by atoms with Crippen LogP contribution in [0.2, 0.25) is 5.02 Å². The van der Waals surface area contributed by atoms with Crippen molar-refractivity contribution in [3.05, 3.63) is 59.1 Å². The molecule has 2 atom stereocenters. The molecule has 0 spiro atoms. The van der Waals surface area contributed by atoms with Crippen LogP contribution in [-0.4, -0.2) is 19.1 Å². The number of amides is 1. The number of para-hydroxylation sites is 2. The lowest BCUT2D eigenvalue weighted by molar-refractivity contribution is -0.127. The first kappa shape index (κ1) is 17.2. The van der Waals surface area contributed by atoms with Crippen LogP contribution >= 0.6 is 11.6 Å². The first-order valence-electron chi connectivity index (χ1n) is 7.37. The van der Waals surface area contributed by atoms with Crippen LogP contribution < -0.4 is 14.8 Å². The van der Waals surface area contributed by atoms with Crippen LogP contribution in [0.5, 0.6) is 11.5 Å². The fraction of sp³-hybridized carbons (Fsp3) is 0.278. The summed E-state index contributed by atoms with van der Waals surface area (Å²) in [5.74, 6) is 1.00. The van der Waals surface area contributed by atoms with Crippen molar-refractivity contribution in [2.75, 3.05) is 7.11 Å².